The molecule has 0 heterocycles. The number of para-hydroxylation sites is 1. The summed E-state index contributed by atoms with van der Waals surface area (Å²) in [5, 5.41) is 0. The fraction of sp³-hybridized carbons (Fsp3) is 0.385. The smallest absolute Gasteiger partial charge is 0.0645 e. The van der Waals surface area contributed by atoms with Crippen LogP contribution in [0.15, 0.2) is 41.8 Å². The zero-order chi connectivity index (χ0) is 12.5. The molecule has 1 aromatic rings. The molecule has 0 saturated heterocycles. The Balaban J connectivity index is 2.23. The van der Waals surface area contributed by atoms with E-state index in [0.717, 1.165) is 22.9 Å². The number of nitrogen functional groups attached to an aromatic ring is 1. The minimum Gasteiger partial charge on any atom is -0.398 e. The largest absolute Gasteiger partial charge is 0.398 e. The summed E-state index contributed by atoms with van der Waals surface area (Å²) in [6.45, 7) is 7.20. The average molecular weight is 269 g/mol. The lowest BCUT2D eigenvalue weighted by molar-refractivity contribution is 0.180. The zero-order valence-electron chi connectivity index (χ0n) is 10.1. The molecular weight excluding hydrogens is 250 g/mol. The molecule has 0 fully saturated rings. The van der Waals surface area contributed by atoms with Gasteiger partial charge in [-0.15, -0.1) is 30.1 Å². The van der Waals surface area contributed by atoms with E-state index < -0.39 is 0 Å². The van der Waals surface area contributed by atoms with Crippen molar-refractivity contribution < 1.29 is 4.74 Å². The second-order valence-corrected chi connectivity index (χ2v) is 6.59. The van der Waals surface area contributed by atoms with Crippen molar-refractivity contribution in [1.29, 1.82) is 0 Å². The minimum atomic E-state index is 0.479. The molecule has 1 rings (SSSR count). The average Bonchev–Trinajstić information content (AvgIpc) is 2.32. The van der Waals surface area contributed by atoms with Crippen LogP contribution in [0.2, 0.25) is 0 Å². The highest BCUT2D eigenvalue weighted by Crippen LogP contribution is 2.33. The summed E-state index contributed by atoms with van der Waals surface area (Å²) in [5.41, 5.74) is 6.75. The SMILES string of the molecule is C=CCOCCSC(C)Sc1ccccc1N. The first-order valence-corrected chi connectivity index (χ1v) is 7.48. The highest BCUT2D eigenvalue weighted by atomic mass is 32.2. The van der Waals surface area contributed by atoms with E-state index in [1.54, 1.807) is 17.8 Å². The maximum atomic E-state index is 5.90. The molecule has 0 spiro atoms. The predicted octanol–water partition coefficient (Wildman–Crippen LogP) is 3.64. The lowest BCUT2D eigenvalue weighted by Crippen LogP contribution is -2.00. The third-order valence-corrected chi connectivity index (χ3v) is 4.55. The van der Waals surface area contributed by atoms with Gasteiger partial charge in [-0.2, -0.15) is 0 Å². The van der Waals surface area contributed by atoms with Crippen LogP contribution in [0.5, 0.6) is 0 Å². The number of thioether (sulfide) groups is 2. The molecule has 0 radical (unpaired) electrons. The van der Waals surface area contributed by atoms with E-state index in [-0.39, 0.29) is 0 Å². The fourth-order valence-electron chi connectivity index (χ4n) is 1.24. The maximum absolute atomic E-state index is 5.90. The highest BCUT2D eigenvalue weighted by molar-refractivity contribution is 8.17. The van der Waals surface area contributed by atoms with Crippen LogP contribution in [-0.4, -0.2) is 23.5 Å². The van der Waals surface area contributed by atoms with Gasteiger partial charge in [0.1, 0.15) is 0 Å². The predicted molar refractivity (Wildman–Crippen MR) is 79.6 cm³/mol. The third-order valence-electron chi connectivity index (χ3n) is 2.03. The Bertz CT molecular complexity index is 344. The van der Waals surface area contributed by atoms with Gasteiger partial charge in [0.2, 0.25) is 0 Å². The first-order chi connectivity index (χ1) is 8.24. The van der Waals surface area contributed by atoms with Gasteiger partial charge < -0.3 is 10.5 Å². The maximum Gasteiger partial charge on any atom is 0.0645 e. The monoisotopic (exact) mass is 269 g/mol. The summed E-state index contributed by atoms with van der Waals surface area (Å²) in [6, 6.07) is 7.97. The van der Waals surface area contributed by atoms with Crippen LogP contribution in [-0.2, 0) is 4.74 Å². The number of anilines is 1. The van der Waals surface area contributed by atoms with E-state index in [4.69, 9.17) is 10.5 Å². The summed E-state index contributed by atoms with van der Waals surface area (Å²) in [6.07, 6.45) is 1.77. The van der Waals surface area contributed by atoms with Gasteiger partial charge in [0.25, 0.3) is 0 Å². The topological polar surface area (TPSA) is 35.2 Å². The molecule has 2 nitrogen and oxygen atoms in total. The van der Waals surface area contributed by atoms with E-state index in [1.807, 2.05) is 30.0 Å². The Morgan fingerprint density at radius 2 is 2.24 bits per heavy atom. The minimum absolute atomic E-state index is 0.479. The van der Waals surface area contributed by atoms with Gasteiger partial charge >= 0.3 is 0 Å². The molecular formula is C13H19NOS2. The number of hydrogen-bond acceptors (Lipinski definition) is 4. The summed E-state index contributed by atoms with van der Waals surface area (Å²) >= 11 is 3.67. The van der Waals surface area contributed by atoms with Gasteiger partial charge in [-0.05, 0) is 19.1 Å². The highest BCUT2D eigenvalue weighted by Gasteiger charge is 2.06. The molecule has 1 atom stereocenters. The fourth-order valence-corrected chi connectivity index (χ4v) is 3.38. The van der Waals surface area contributed by atoms with E-state index in [9.17, 15) is 0 Å². The number of rotatable bonds is 8. The van der Waals surface area contributed by atoms with Crippen LogP contribution in [0.4, 0.5) is 5.69 Å². The van der Waals surface area contributed by atoms with Gasteiger partial charge in [-0.25, -0.2) is 0 Å². The van der Waals surface area contributed by atoms with Crippen molar-refractivity contribution >= 4 is 29.2 Å². The molecule has 0 amide bonds. The number of benzene rings is 1. The molecule has 17 heavy (non-hydrogen) atoms. The Morgan fingerprint density at radius 3 is 2.94 bits per heavy atom. The lowest BCUT2D eigenvalue weighted by atomic mass is 10.3. The summed E-state index contributed by atoms with van der Waals surface area (Å²) < 4.78 is 5.81. The van der Waals surface area contributed by atoms with E-state index in [0.29, 0.717) is 11.2 Å². The number of hydrogen-bond donors (Lipinski definition) is 1. The quantitative estimate of drug-likeness (QED) is 0.257. The van der Waals surface area contributed by atoms with Gasteiger partial charge in [0.05, 0.1) is 17.8 Å². The molecule has 0 aliphatic carbocycles. The van der Waals surface area contributed by atoms with E-state index in [2.05, 4.69) is 19.6 Å². The van der Waals surface area contributed by atoms with Crippen molar-refractivity contribution in [3.63, 3.8) is 0 Å². The van der Waals surface area contributed by atoms with E-state index in [1.165, 1.54) is 0 Å². The van der Waals surface area contributed by atoms with Crippen LogP contribution in [0, 0.1) is 0 Å². The van der Waals surface area contributed by atoms with Crippen molar-refractivity contribution in [3.05, 3.63) is 36.9 Å². The summed E-state index contributed by atoms with van der Waals surface area (Å²) in [5.74, 6) is 0.995. The molecule has 0 saturated carbocycles. The molecule has 2 N–H and O–H groups in total. The molecule has 94 valence electrons. The first kappa shape index (κ1) is 14.5. The van der Waals surface area contributed by atoms with Crippen LogP contribution in [0.1, 0.15) is 6.92 Å². The lowest BCUT2D eigenvalue weighted by Gasteiger charge is -2.12. The summed E-state index contributed by atoms with van der Waals surface area (Å²) in [4.78, 5) is 1.15. The normalized spacial score (nSPS) is 12.3. The van der Waals surface area contributed by atoms with Crippen molar-refractivity contribution in [2.75, 3.05) is 24.7 Å². The Kier molecular flexibility index (Phi) is 7.24. The van der Waals surface area contributed by atoms with Gasteiger partial charge in [-0.3, -0.25) is 0 Å². The van der Waals surface area contributed by atoms with Gasteiger partial charge in [0, 0.05) is 16.3 Å². The molecule has 0 bridgehead atoms. The molecule has 0 aliphatic heterocycles. The standard InChI is InChI=1S/C13H19NOS2/c1-3-8-15-9-10-16-11(2)17-13-7-5-4-6-12(13)14/h3-7,11H,1,8-10,14H2,2H3. The van der Waals surface area contributed by atoms with Crippen molar-refractivity contribution in [1.82, 2.24) is 0 Å². The Hall–Kier alpha value is -0.580. The number of ether oxygens (including phenoxy) is 1. The van der Waals surface area contributed by atoms with Crippen molar-refractivity contribution in [2.45, 2.75) is 16.4 Å². The second-order valence-electron chi connectivity index (χ2n) is 3.46. The van der Waals surface area contributed by atoms with Crippen LogP contribution < -0.4 is 5.73 Å². The van der Waals surface area contributed by atoms with Crippen molar-refractivity contribution in [2.24, 2.45) is 0 Å². The molecule has 4 heteroatoms. The second kappa shape index (κ2) is 8.50. The van der Waals surface area contributed by atoms with Crippen LogP contribution in [0.25, 0.3) is 0 Å². The number of nitrogens with two attached hydrogens (primary N) is 1. The Labute approximate surface area is 112 Å². The van der Waals surface area contributed by atoms with Crippen LogP contribution >= 0.6 is 23.5 Å². The van der Waals surface area contributed by atoms with Gasteiger partial charge in [0.15, 0.2) is 0 Å². The zero-order valence-corrected chi connectivity index (χ0v) is 11.7. The van der Waals surface area contributed by atoms with Gasteiger partial charge in [-0.1, -0.05) is 18.2 Å². The van der Waals surface area contributed by atoms with Crippen LogP contribution in [0.3, 0.4) is 0 Å². The summed E-state index contributed by atoms with van der Waals surface area (Å²) in [7, 11) is 0. The van der Waals surface area contributed by atoms with Crippen molar-refractivity contribution in [3.8, 4) is 0 Å². The van der Waals surface area contributed by atoms with E-state index >= 15 is 0 Å². The molecule has 1 unspecified atom stereocenters. The third kappa shape index (κ3) is 6.05. The molecule has 1 aromatic carbocycles. The molecule has 0 aliphatic rings. The Morgan fingerprint density at radius 1 is 1.47 bits per heavy atom. The molecule has 0 aromatic heterocycles. The first-order valence-electron chi connectivity index (χ1n) is 5.55.